The zero-order valence-electron chi connectivity index (χ0n) is 5.38. The van der Waals surface area contributed by atoms with Gasteiger partial charge in [0.1, 0.15) is 0 Å². The van der Waals surface area contributed by atoms with Crippen LogP contribution in [0.4, 0.5) is 0 Å². The van der Waals surface area contributed by atoms with Crippen LogP contribution < -0.4 is 4.89 Å². The lowest BCUT2D eigenvalue weighted by atomic mass is 11.8. The number of rotatable bonds is 3. The molecular formula is C2H7O6P2-. The Labute approximate surface area is 57.7 Å². The molecule has 0 aromatic carbocycles. The second-order valence-corrected chi connectivity index (χ2v) is 6.96. The third-order valence-corrected chi connectivity index (χ3v) is 5.17. The standard InChI is InChI=1S/C2H8O6P2/c1-7-9(3,4)10(5,6)8-2/h1-2H3,(H,3,4)(H,5,6)/p-1. The summed E-state index contributed by atoms with van der Waals surface area (Å²) in [6.45, 7) is 0. The summed E-state index contributed by atoms with van der Waals surface area (Å²) in [5.41, 5.74) is 0. The topological polar surface area (TPSA) is 95.9 Å². The van der Waals surface area contributed by atoms with Gasteiger partial charge in [0.25, 0.3) is 0 Å². The second kappa shape index (κ2) is 3.13. The summed E-state index contributed by atoms with van der Waals surface area (Å²) in [7, 11) is -7.74. The Morgan fingerprint density at radius 3 is 1.80 bits per heavy atom. The highest BCUT2D eigenvalue weighted by atomic mass is 32.1. The van der Waals surface area contributed by atoms with E-state index in [1.54, 1.807) is 0 Å². The van der Waals surface area contributed by atoms with E-state index in [0.717, 1.165) is 14.2 Å². The summed E-state index contributed by atoms with van der Waals surface area (Å²) >= 11 is 0. The molecule has 62 valence electrons. The Bertz CT molecular complexity index is 176. The van der Waals surface area contributed by atoms with Crippen LogP contribution in [0.1, 0.15) is 0 Å². The molecule has 8 heteroatoms. The van der Waals surface area contributed by atoms with E-state index in [0.29, 0.717) is 0 Å². The molecule has 0 saturated heterocycles. The van der Waals surface area contributed by atoms with Crippen molar-refractivity contribution in [3.05, 3.63) is 0 Å². The van der Waals surface area contributed by atoms with Gasteiger partial charge in [0.05, 0.1) is 0 Å². The van der Waals surface area contributed by atoms with Gasteiger partial charge < -0.3 is 18.8 Å². The molecule has 0 rings (SSSR count). The van der Waals surface area contributed by atoms with E-state index in [4.69, 9.17) is 4.89 Å². The summed E-state index contributed by atoms with van der Waals surface area (Å²) in [6, 6.07) is 0. The van der Waals surface area contributed by atoms with Crippen LogP contribution in [0.15, 0.2) is 0 Å². The van der Waals surface area contributed by atoms with Crippen LogP contribution in [0.5, 0.6) is 0 Å². The summed E-state index contributed by atoms with van der Waals surface area (Å²) in [5.74, 6) is 0. The van der Waals surface area contributed by atoms with E-state index in [9.17, 15) is 14.0 Å². The molecule has 0 radical (unpaired) electrons. The van der Waals surface area contributed by atoms with Crippen molar-refractivity contribution in [2.75, 3.05) is 14.2 Å². The molecule has 0 aliphatic heterocycles. The van der Waals surface area contributed by atoms with Crippen molar-refractivity contribution < 1.29 is 28.0 Å². The second-order valence-electron chi connectivity index (χ2n) is 1.32. The lowest BCUT2D eigenvalue weighted by Gasteiger charge is -2.23. The monoisotopic (exact) mass is 189 g/mol. The SMILES string of the molecule is COP(=O)([O-])P(=O)(O)OC. The average molecular weight is 189 g/mol. The minimum atomic E-state index is -4.74. The van der Waals surface area contributed by atoms with Crippen LogP contribution in [0.25, 0.3) is 0 Å². The molecule has 2 atom stereocenters. The molecule has 0 bridgehead atoms. The summed E-state index contributed by atoms with van der Waals surface area (Å²) < 4.78 is 28.4. The highest BCUT2D eigenvalue weighted by molar-refractivity contribution is 8.26. The van der Waals surface area contributed by atoms with Crippen molar-refractivity contribution >= 4 is 14.6 Å². The van der Waals surface area contributed by atoms with Crippen molar-refractivity contribution in [1.82, 2.24) is 0 Å². The molecule has 0 spiro atoms. The van der Waals surface area contributed by atoms with Gasteiger partial charge in [-0.15, -0.1) is 0 Å². The van der Waals surface area contributed by atoms with E-state index in [2.05, 4.69) is 9.05 Å². The van der Waals surface area contributed by atoms with Crippen LogP contribution >= 0.6 is 14.6 Å². The van der Waals surface area contributed by atoms with E-state index in [-0.39, 0.29) is 0 Å². The van der Waals surface area contributed by atoms with Crippen LogP contribution in [0.2, 0.25) is 0 Å². The van der Waals surface area contributed by atoms with Crippen LogP contribution in [0, 0.1) is 0 Å². The average Bonchev–Trinajstić information content (AvgIpc) is 1.88. The largest absolute Gasteiger partial charge is 0.770 e. The third-order valence-electron chi connectivity index (χ3n) is 0.778. The molecule has 2 unspecified atom stereocenters. The van der Waals surface area contributed by atoms with Gasteiger partial charge >= 0.3 is 7.28 Å². The summed E-state index contributed by atoms with van der Waals surface area (Å²) in [6.07, 6.45) is 0. The van der Waals surface area contributed by atoms with Crippen LogP contribution in [-0.2, 0) is 18.2 Å². The molecule has 0 heterocycles. The molecule has 6 nitrogen and oxygen atoms in total. The Hall–Kier alpha value is 0.300. The van der Waals surface area contributed by atoms with Crippen molar-refractivity contribution in [1.29, 1.82) is 0 Å². The molecule has 1 N–H and O–H groups in total. The quantitative estimate of drug-likeness (QED) is 0.624. The predicted molar refractivity (Wildman–Crippen MR) is 31.4 cm³/mol. The number of hydrogen-bond acceptors (Lipinski definition) is 5. The Kier molecular flexibility index (Phi) is 3.23. The predicted octanol–water partition coefficient (Wildman–Crippen LogP) is -0.0670. The molecule has 0 aromatic rings. The van der Waals surface area contributed by atoms with Crippen molar-refractivity contribution in [3.8, 4) is 0 Å². The maximum atomic E-state index is 10.5. The first-order valence-corrected chi connectivity index (χ1v) is 5.96. The molecular weight excluding hydrogens is 182 g/mol. The van der Waals surface area contributed by atoms with Gasteiger partial charge in [-0.3, -0.25) is 9.13 Å². The molecule has 0 aliphatic carbocycles. The van der Waals surface area contributed by atoms with Gasteiger partial charge in [0.2, 0.25) is 7.28 Å². The first-order chi connectivity index (χ1) is 4.37. The summed E-state index contributed by atoms with van der Waals surface area (Å²) in [4.78, 5) is 18.9. The van der Waals surface area contributed by atoms with Gasteiger partial charge in [-0.2, -0.15) is 0 Å². The molecule has 10 heavy (non-hydrogen) atoms. The molecule has 0 saturated carbocycles. The maximum Gasteiger partial charge on any atom is 0.395 e. The normalized spacial score (nSPS) is 23.2. The Morgan fingerprint density at radius 2 is 1.70 bits per heavy atom. The highest BCUT2D eigenvalue weighted by Crippen LogP contribution is 2.74. The zero-order chi connectivity index (χ0) is 8.41. The molecule has 0 aliphatic rings. The fourth-order valence-electron chi connectivity index (χ4n) is 0.203. The smallest absolute Gasteiger partial charge is 0.395 e. The van der Waals surface area contributed by atoms with E-state index in [1.165, 1.54) is 0 Å². The van der Waals surface area contributed by atoms with Crippen molar-refractivity contribution in [3.63, 3.8) is 0 Å². The highest BCUT2D eigenvalue weighted by Gasteiger charge is 2.33. The van der Waals surface area contributed by atoms with Crippen molar-refractivity contribution in [2.24, 2.45) is 0 Å². The first kappa shape index (κ1) is 10.3. The zero-order valence-corrected chi connectivity index (χ0v) is 7.17. The molecule has 0 amide bonds. The lowest BCUT2D eigenvalue weighted by Crippen LogP contribution is -2.03. The van der Waals surface area contributed by atoms with Gasteiger partial charge in [-0.1, -0.05) is 0 Å². The van der Waals surface area contributed by atoms with E-state index >= 15 is 0 Å². The van der Waals surface area contributed by atoms with Gasteiger partial charge in [0.15, 0.2) is 0 Å². The van der Waals surface area contributed by atoms with E-state index < -0.39 is 14.6 Å². The Morgan fingerprint density at radius 1 is 1.30 bits per heavy atom. The number of hydrogen-bond donors (Lipinski definition) is 1. The fraction of sp³-hybridized carbons (Fsp3) is 1.00. The fourth-order valence-corrected chi connectivity index (χ4v) is 1.83. The Balaban J connectivity index is 4.64. The van der Waals surface area contributed by atoms with Gasteiger partial charge in [0, 0.05) is 14.2 Å². The minimum absolute atomic E-state index is 0.787. The van der Waals surface area contributed by atoms with Crippen molar-refractivity contribution in [2.45, 2.75) is 0 Å². The summed E-state index contributed by atoms with van der Waals surface area (Å²) in [5, 5.41) is 0. The third kappa shape index (κ3) is 1.89. The lowest BCUT2D eigenvalue weighted by molar-refractivity contribution is -0.190. The maximum absolute atomic E-state index is 10.5. The van der Waals surface area contributed by atoms with Gasteiger partial charge in [-0.05, 0) is 0 Å². The molecule has 0 fully saturated rings. The van der Waals surface area contributed by atoms with Crippen LogP contribution in [0.3, 0.4) is 0 Å². The van der Waals surface area contributed by atoms with Gasteiger partial charge in [-0.25, -0.2) is 0 Å². The first-order valence-electron chi connectivity index (χ1n) is 2.13. The minimum Gasteiger partial charge on any atom is -0.770 e. The molecule has 0 aromatic heterocycles. The van der Waals surface area contributed by atoms with E-state index in [1.807, 2.05) is 0 Å². The van der Waals surface area contributed by atoms with Crippen LogP contribution in [-0.4, -0.2) is 19.1 Å².